The fourth-order valence-electron chi connectivity index (χ4n) is 3.62. The first kappa shape index (κ1) is 24.8. The van der Waals surface area contributed by atoms with Gasteiger partial charge in [0.15, 0.2) is 11.6 Å². The number of rotatable bonds is 9. The first-order chi connectivity index (χ1) is 13.6. The topological polar surface area (TPSA) is 34.1 Å². The summed E-state index contributed by atoms with van der Waals surface area (Å²) >= 11 is 0. The maximum atomic E-state index is 11.9. The van der Waals surface area contributed by atoms with Crippen molar-refractivity contribution in [3.8, 4) is 0 Å². The predicted molar refractivity (Wildman–Crippen MR) is 125 cm³/mol. The van der Waals surface area contributed by atoms with Gasteiger partial charge < -0.3 is 0 Å². The van der Waals surface area contributed by atoms with Gasteiger partial charge in [-0.05, 0) is 57.1 Å². The minimum atomic E-state index is -0.0963. The average Bonchev–Trinajstić information content (AvgIpc) is 2.66. The molecule has 0 bridgehead atoms. The molecule has 0 aromatic rings. The maximum Gasteiger partial charge on any atom is 0.166 e. The van der Waals surface area contributed by atoms with Crippen LogP contribution in [0.25, 0.3) is 0 Å². The van der Waals surface area contributed by atoms with E-state index in [0.717, 1.165) is 5.57 Å². The number of Topliss-reactive ketones (excluding diaryl/α,β-unsaturated/α-hetero) is 2. The van der Waals surface area contributed by atoms with Gasteiger partial charge in [-0.3, -0.25) is 9.59 Å². The van der Waals surface area contributed by atoms with Gasteiger partial charge in [0.2, 0.25) is 0 Å². The summed E-state index contributed by atoms with van der Waals surface area (Å²) in [5.41, 5.74) is 5.71. The van der Waals surface area contributed by atoms with Crippen LogP contribution in [0.3, 0.4) is 0 Å². The molecule has 0 aliphatic heterocycles. The van der Waals surface area contributed by atoms with Crippen molar-refractivity contribution in [2.75, 3.05) is 0 Å². The van der Waals surface area contributed by atoms with Crippen molar-refractivity contribution in [1.29, 1.82) is 0 Å². The zero-order valence-electron chi connectivity index (χ0n) is 19.4. The second-order valence-electron chi connectivity index (χ2n) is 8.58. The second kappa shape index (κ2) is 11.7. The fraction of sp³-hybridized carbons (Fsp3) is 0.481. The molecule has 0 unspecified atom stereocenters. The molecule has 2 heteroatoms. The van der Waals surface area contributed by atoms with Crippen molar-refractivity contribution < 1.29 is 9.59 Å². The molecule has 1 rings (SSSR count). The molecule has 0 N–H and O–H groups in total. The van der Waals surface area contributed by atoms with Gasteiger partial charge in [-0.15, -0.1) is 0 Å². The van der Waals surface area contributed by atoms with Crippen molar-refractivity contribution in [1.82, 2.24) is 0 Å². The zero-order chi connectivity index (χ0) is 22.0. The van der Waals surface area contributed by atoms with Gasteiger partial charge in [-0.25, -0.2) is 0 Å². The van der Waals surface area contributed by atoms with E-state index in [1.807, 2.05) is 25.2 Å². The molecule has 1 aliphatic rings. The van der Waals surface area contributed by atoms with Crippen LogP contribution in [0.15, 0.2) is 70.4 Å². The highest BCUT2D eigenvalue weighted by molar-refractivity contribution is 6.20. The van der Waals surface area contributed by atoms with E-state index in [1.165, 1.54) is 36.0 Å². The van der Waals surface area contributed by atoms with Crippen molar-refractivity contribution in [3.05, 3.63) is 70.4 Å². The molecule has 0 heterocycles. The summed E-state index contributed by atoms with van der Waals surface area (Å²) in [6, 6.07) is 0. The largest absolute Gasteiger partial charge is 0.294 e. The Morgan fingerprint density at radius 1 is 0.931 bits per heavy atom. The quantitative estimate of drug-likeness (QED) is 0.177. The Balaban J connectivity index is 2.87. The first-order valence-electron chi connectivity index (χ1n) is 10.8. The highest BCUT2D eigenvalue weighted by Crippen LogP contribution is 2.40. The van der Waals surface area contributed by atoms with Crippen LogP contribution in [0.2, 0.25) is 0 Å². The Morgan fingerprint density at radius 3 is 2.07 bits per heavy atom. The molecule has 0 aromatic carbocycles. The highest BCUT2D eigenvalue weighted by atomic mass is 16.1. The van der Waals surface area contributed by atoms with Gasteiger partial charge in [-0.1, -0.05) is 80.9 Å². The SMILES string of the molecule is CCC(=O)C(=C/C=C(C)/C=C/C=C(C)/C=C/C1=C(C)CCCC1(C)C)C(=O)CC. The lowest BCUT2D eigenvalue weighted by Gasteiger charge is -2.32. The molecule has 0 amide bonds. The molecule has 0 fully saturated rings. The van der Waals surface area contributed by atoms with Crippen LogP contribution >= 0.6 is 0 Å². The molecule has 0 aromatic heterocycles. The molecule has 0 radical (unpaired) electrons. The van der Waals surface area contributed by atoms with E-state index in [1.54, 1.807) is 19.9 Å². The summed E-state index contributed by atoms with van der Waals surface area (Å²) in [4.78, 5) is 23.9. The third kappa shape index (κ3) is 7.97. The van der Waals surface area contributed by atoms with Crippen LogP contribution < -0.4 is 0 Å². The van der Waals surface area contributed by atoms with E-state index in [9.17, 15) is 9.59 Å². The van der Waals surface area contributed by atoms with Gasteiger partial charge in [0.25, 0.3) is 0 Å². The number of ketones is 2. The Labute approximate surface area is 177 Å². The van der Waals surface area contributed by atoms with Crippen molar-refractivity contribution in [3.63, 3.8) is 0 Å². The Morgan fingerprint density at radius 2 is 1.52 bits per heavy atom. The van der Waals surface area contributed by atoms with Gasteiger partial charge >= 0.3 is 0 Å². The molecule has 0 atom stereocenters. The van der Waals surface area contributed by atoms with Gasteiger partial charge in [0, 0.05) is 12.8 Å². The molecular weight excluding hydrogens is 356 g/mol. The zero-order valence-corrected chi connectivity index (χ0v) is 19.4. The fourth-order valence-corrected chi connectivity index (χ4v) is 3.62. The average molecular weight is 395 g/mol. The predicted octanol–water partition coefficient (Wildman–Crippen LogP) is 7.40. The van der Waals surface area contributed by atoms with Gasteiger partial charge in [0.1, 0.15) is 0 Å². The van der Waals surface area contributed by atoms with E-state index in [2.05, 4.69) is 45.9 Å². The third-order valence-electron chi connectivity index (χ3n) is 5.53. The molecule has 0 spiro atoms. The Bertz CT molecular complexity index is 774. The number of carbonyl (C=O) groups is 2. The maximum absolute atomic E-state index is 11.9. The standard InChI is InChI=1S/C27H38O2/c1-8-25(28)23(26(29)9-2)17-15-20(3)12-10-13-21(4)16-18-24-22(5)14-11-19-27(24,6)7/h10,12-13,15-18H,8-9,11,14,19H2,1-7H3/b12-10+,18-16+,20-15+,21-13+. The number of allylic oxidation sites excluding steroid dienone is 12. The van der Waals surface area contributed by atoms with E-state index in [4.69, 9.17) is 0 Å². The third-order valence-corrected chi connectivity index (χ3v) is 5.53. The summed E-state index contributed by atoms with van der Waals surface area (Å²) < 4.78 is 0. The van der Waals surface area contributed by atoms with Crippen LogP contribution in [-0.2, 0) is 9.59 Å². The van der Waals surface area contributed by atoms with Crippen LogP contribution in [-0.4, -0.2) is 11.6 Å². The first-order valence-corrected chi connectivity index (χ1v) is 10.8. The molecule has 0 saturated carbocycles. The van der Waals surface area contributed by atoms with Gasteiger partial charge in [0.05, 0.1) is 5.57 Å². The minimum Gasteiger partial charge on any atom is -0.294 e. The lowest BCUT2D eigenvalue weighted by atomic mass is 9.72. The number of hydrogen-bond acceptors (Lipinski definition) is 2. The monoisotopic (exact) mass is 394 g/mol. The minimum absolute atomic E-state index is 0.0963. The Hall–Kier alpha value is -2.22. The summed E-state index contributed by atoms with van der Waals surface area (Å²) in [6.45, 7) is 14.5. The van der Waals surface area contributed by atoms with E-state index in [0.29, 0.717) is 18.4 Å². The molecule has 2 nitrogen and oxygen atoms in total. The summed E-state index contributed by atoms with van der Waals surface area (Å²) in [6.07, 6.45) is 18.5. The van der Waals surface area contributed by atoms with Crippen molar-refractivity contribution >= 4 is 11.6 Å². The molecule has 29 heavy (non-hydrogen) atoms. The number of hydrogen-bond donors (Lipinski definition) is 0. The van der Waals surface area contributed by atoms with Crippen LogP contribution in [0, 0.1) is 5.41 Å². The molecular formula is C27H38O2. The lowest BCUT2D eigenvalue weighted by molar-refractivity contribution is -0.121. The van der Waals surface area contributed by atoms with Crippen molar-refractivity contribution in [2.45, 2.75) is 80.6 Å². The lowest BCUT2D eigenvalue weighted by Crippen LogP contribution is -2.19. The van der Waals surface area contributed by atoms with E-state index < -0.39 is 0 Å². The van der Waals surface area contributed by atoms with Crippen molar-refractivity contribution in [2.24, 2.45) is 5.41 Å². The second-order valence-corrected chi connectivity index (χ2v) is 8.58. The summed E-state index contributed by atoms with van der Waals surface area (Å²) in [7, 11) is 0. The highest BCUT2D eigenvalue weighted by Gasteiger charge is 2.26. The summed E-state index contributed by atoms with van der Waals surface area (Å²) in [5.74, 6) is -0.193. The van der Waals surface area contributed by atoms with Gasteiger partial charge in [-0.2, -0.15) is 0 Å². The van der Waals surface area contributed by atoms with Crippen LogP contribution in [0.5, 0.6) is 0 Å². The smallest absolute Gasteiger partial charge is 0.166 e. The van der Waals surface area contributed by atoms with Crippen LogP contribution in [0.4, 0.5) is 0 Å². The van der Waals surface area contributed by atoms with Crippen LogP contribution in [0.1, 0.15) is 80.6 Å². The molecule has 1 aliphatic carbocycles. The Kier molecular flexibility index (Phi) is 10.0. The van der Waals surface area contributed by atoms with E-state index in [-0.39, 0.29) is 17.0 Å². The van der Waals surface area contributed by atoms with E-state index >= 15 is 0 Å². The summed E-state index contributed by atoms with van der Waals surface area (Å²) in [5, 5.41) is 0. The number of carbonyl (C=O) groups excluding carboxylic acids is 2. The normalized spacial score (nSPS) is 17.9. The molecule has 0 saturated heterocycles. The molecule has 158 valence electrons.